The van der Waals surface area contributed by atoms with E-state index in [4.69, 9.17) is 20.5 Å². The van der Waals surface area contributed by atoms with Crippen LogP contribution in [0.25, 0.3) is 0 Å². The molecule has 2 rings (SSSR count). The molecule has 1 aromatic rings. The SMILES string of the molecule is CCOc1cccc(OCC(N)(C#N)C2CC2)c1. The molecular formula is C14H18N2O2. The minimum Gasteiger partial charge on any atom is -0.494 e. The number of hydrogen-bond acceptors (Lipinski definition) is 4. The number of ether oxygens (including phenoxy) is 2. The van der Waals surface area contributed by atoms with E-state index in [2.05, 4.69) is 6.07 Å². The highest BCUT2D eigenvalue weighted by Gasteiger charge is 2.43. The van der Waals surface area contributed by atoms with Crippen LogP contribution in [0.15, 0.2) is 24.3 Å². The van der Waals surface area contributed by atoms with Gasteiger partial charge < -0.3 is 15.2 Å². The first kappa shape index (κ1) is 12.7. The van der Waals surface area contributed by atoms with Gasteiger partial charge in [-0.15, -0.1) is 0 Å². The summed E-state index contributed by atoms with van der Waals surface area (Å²) in [6, 6.07) is 9.56. The van der Waals surface area contributed by atoms with Gasteiger partial charge in [-0.25, -0.2) is 0 Å². The Balaban J connectivity index is 1.97. The smallest absolute Gasteiger partial charge is 0.141 e. The Morgan fingerprint density at radius 2 is 2.06 bits per heavy atom. The van der Waals surface area contributed by atoms with Crippen LogP contribution in [0.4, 0.5) is 0 Å². The van der Waals surface area contributed by atoms with Crippen LogP contribution in [-0.4, -0.2) is 18.8 Å². The Kier molecular flexibility index (Phi) is 3.73. The summed E-state index contributed by atoms with van der Waals surface area (Å²) in [5.74, 6) is 1.73. The molecule has 4 nitrogen and oxygen atoms in total. The van der Waals surface area contributed by atoms with E-state index >= 15 is 0 Å². The molecule has 0 spiro atoms. The molecule has 4 heteroatoms. The molecule has 96 valence electrons. The first-order valence-electron chi connectivity index (χ1n) is 6.24. The van der Waals surface area contributed by atoms with Crippen LogP contribution in [0.5, 0.6) is 11.5 Å². The molecule has 0 aromatic heterocycles. The van der Waals surface area contributed by atoms with E-state index in [-0.39, 0.29) is 12.5 Å². The zero-order valence-corrected chi connectivity index (χ0v) is 10.6. The molecular weight excluding hydrogens is 228 g/mol. The van der Waals surface area contributed by atoms with E-state index in [9.17, 15) is 0 Å². The zero-order valence-electron chi connectivity index (χ0n) is 10.6. The second-order valence-electron chi connectivity index (χ2n) is 4.62. The van der Waals surface area contributed by atoms with Gasteiger partial charge in [-0.05, 0) is 37.8 Å². The van der Waals surface area contributed by atoms with E-state index in [1.807, 2.05) is 31.2 Å². The van der Waals surface area contributed by atoms with Crippen LogP contribution in [0.2, 0.25) is 0 Å². The lowest BCUT2D eigenvalue weighted by Gasteiger charge is -2.21. The maximum atomic E-state index is 9.13. The Morgan fingerprint density at radius 3 is 2.61 bits per heavy atom. The highest BCUT2D eigenvalue weighted by Crippen LogP contribution is 2.38. The second-order valence-corrected chi connectivity index (χ2v) is 4.62. The summed E-state index contributed by atoms with van der Waals surface area (Å²) in [7, 11) is 0. The number of rotatable bonds is 6. The Hall–Kier alpha value is -1.73. The van der Waals surface area contributed by atoms with E-state index in [1.54, 1.807) is 0 Å². The summed E-state index contributed by atoms with van der Waals surface area (Å²) in [4.78, 5) is 0. The van der Waals surface area contributed by atoms with Crippen molar-refractivity contribution in [3.05, 3.63) is 24.3 Å². The van der Waals surface area contributed by atoms with Gasteiger partial charge in [0.2, 0.25) is 0 Å². The second kappa shape index (κ2) is 5.28. The van der Waals surface area contributed by atoms with Crippen LogP contribution in [0, 0.1) is 17.2 Å². The van der Waals surface area contributed by atoms with Crippen molar-refractivity contribution in [2.75, 3.05) is 13.2 Å². The summed E-state index contributed by atoms with van der Waals surface area (Å²) < 4.78 is 11.0. The average molecular weight is 246 g/mol. The molecule has 0 bridgehead atoms. The lowest BCUT2D eigenvalue weighted by molar-refractivity contribution is 0.235. The Labute approximate surface area is 107 Å². The fourth-order valence-corrected chi connectivity index (χ4v) is 1.86. The lowest BCUT2D eigenvalue weighted by Crippen LogP contribution is -2.46. The third-order valence-corrected chi connectivity index (χ3v) is 3.11. The molecule has 18 heavy (non-hydrogen) atoms. The molecule has 0 aliphatic heterocycles. The van der Waals surface area contributed by atoms with Crippen molar-refractivity contribution in [3.8, 4) is 17.6 Å². The van der Waals surface area contributed by atoms with E-state index in [0.29, 0.717) is 12.4 Å². The summed E-state index contributed by atoms with van der Waals surface area (Å²) in [6.07, 6.45) is 2.04. The van der Waals surface area contributed by atoms with Crippen molar-refractivity contribution in [3.63, 3.8) is 0 Å². The number of nitriles is 1. The van der Waals surface area contributed by atoms with Crippen molar-refractivity contribution in [2.24, 2.45) is 11.7 Å². The van der Waals surface area contributed by atoms with Gasteiger partial charge in [0, 0.05) is 6.07 Å². The molecule has 0 radical (unpaired) electrons. The molecule has 0 saturated heterocycles. The van der Waals surface area contributed by atoms with Gasteiger partial charge >= 0.3 is 0 Å². The third-order valence-electron chi connectivity index (χ3n) is 3.11. The molecule has 1 atom stereocenters. The third kappa shape index (κ3) is 2.93. The van der Waals surface area contributed by atoms with Gasteiger partial charge in [-0.1, -0.05) is 6.07 Å². The minimum absolute atomic E-state index is 0.226. The highest BCUT2D eigenvalue weighted by molar-refractivity contribution is 5.33. The van der Waals surface area contributed by atoms with Crippen molar-refractivity contribution < 1.29 is 9.47 Å². The van der Waals surface area contributed by atoms with Crippen LogP contribution in [0.3, 0.4) is 0 Å². The van der Waals surface area contributed by atoms with Crippen molar-refractivity contribution in [2.45, 2.75) is 25.3 Å². The largest absolute Gasteiger partial charge is 0.494 e. The van der Waals surface area contributed by atoms with E-state index in [0.717, 1.165) is 18.6 Å². The Bertz CT molecular complexity index is 451. The summed E-state index contributed by atoms with van der Waals surface area (Å²) in [6.45, 7) is 2.77. The number of nitrogens with zero attached hydrogens (tertiary/aromatic N) is 1. The first-order valence-corrected chi connectivity index (χ1v) is 6.24. The van der Waals surface area contributed by atoms with Crippen LogP contribution in [0.1, 0.15) is 19.8 Å². The lowest BCUT2D eigenvalue weighted by atomic mass is 9.98. The fraction of sp³-hybridized carbons (Fsp3) is 0.500. The van der Waals surface area contributed by atoms with Crippen LogP contribution in [-0.2, 0) is 0 Å². The molecule has 1 aliphatic rings. The molecule has 1 fully saturated rings. The van der Waals surface area contributed by atoms with Crippen molar-refractivity contribution >= 4 is 0 Å². The topological polar surface area (TPSA) is 68.3 Å². The van der Waals surface area contributed by atoms with Gasteiger partial charge in [0.15, 0.2) is 0 Å². The summed E-state index contributed by atoms with van der Waals surface area (Å²) >= 11 is 0. The van der Waals surface area contributed by atoms with E-state index < -0.39 is 5.54 Å². The van der Waals surface area contributed by atoms with Crippen molar-refractivity contribution in [1.82, 2.24) is 0 Å². The maximum absolute atomic E-state index is 9.13. The monoisotopic (exact) mass is 246 g/mol. The van der Waals surface area contributed by atoms with Gasteiger partial charge in [0.1, 0.15) is 23.6 Å². The number of hydrogen-bond donors (Lipinski definition) is 1. The summed E-state index contributed by atoms with van der Waals surface area (Å²) in [5.41, 5.74) is 5.17. The number of nitrogens with two attached hydrogens (primary N) is 1. The molecule has 1 aliphatic carbocycles. The normalized spacial score (nSPS) is 17.6. The zero-order chi connectivity index (χ0) is 13.0. The van der Waals surface area contributed by atoms with Crippen molar-refractivity contribution in [1.29, 1.82) is 5.26 Å². The predicted molar refractivity (Wildman–Crippen MR) is 68.4 cm³/mol. The molecule has 1 saturated carbocycles. The van der Waals surface area contributed by atoms with E-state index in [1.165, 1.54) is 0 Å². The fourth-order valence-electron chi connectivity index (χ4n) is 1.86. The minimum atomic E-state index is -0.860. The molecule has 0 amide bonds. The van der Waals surface area contributed by atoms with Gasteiger partial charge in [0.05, 0.1) is 12.7 Å². The highest BCUT2D eigenvalue weighted by atomic mass is 16.5. The average Bonchev–Trinajstić information content (AvgIpc) is 3.22. The van der Waals surface area contributed by atoms with Gasteiger partial charge in [-0.2, -0.15) is 5.26 Å². The summed E-state index contributed by atoms with van der Waals surface area (Å²) in [5, 5.41) is 9.13. The quantitative estimate of drug-likeness (QED) is 0.834. The first-order chi connectivity index (χ1) is 8.68. The van der Waals surface area contributed by atoms with Crippen LogP contribution >= 0.6 is 0 Å². The standard InChI is InChI=1S/C14H18N2O2/c1-2-17-12-4-3-5-13(8-12)18-10-14(16,9-15)11-6-7-11/h3-5,8,11H,2,6-7,10,16H2,1H3. The molecule has 1 unspecified atom stereocenters. The van der Waals surface area contributed by atoms with Gasteiger partial charge in [0.25, 0.3) is 0 Å². The maximum Gasteiger partial charge on any atom is 0.141 e. The molecule has 0 heterocycles. The molecule has 2 N–H and O–H groups in total. The number of benzene rings is 1. The molecule has 1 aromatic carbocycles. The van der Waals surface area contributed by atoms with Gasteiger partial charge in [-0.3, -0.25) is 0 Å². The predicted octanol–water partition coefficient (Wildman–Crippen LogP) is 2.10. The Morgan fingerprint density at radius 1 is 1.39 bits per heavy atom. The van der Waals surface area contributed by atoms with Crippen LogP contribution < -0.4 is 15.2 Å².